The Bertz CT molecular complexity index is 1740. The van der Waals surface area contributed by atoms with Crippen molar-refractivity contribution >= 4 is 46.0 Å². The zero-order chi connectivity index (χ0) is 54.4. The number of aliphatic hydroxyl groups excluding tert-OH is 1. The number of hydrogen-bond donors (Lipinski definition) is 1. The molecule has 3 rings (SSSR count). The fourth-order valence-corrected chi connectivity index (χ4v) is 6.53. The van der Waals surface area contributed by atoms with Crippen LogP contribution in [0.15, 0.2) is 22.2 Å². The molecule has 0 spiro atoms. The van der Waals surface area contributed by atoms with Crippen LogP contribution in [0.1, 0.15) is 302 Å². The molecular weight excluding hydrogens is 957 g/mol. The van der Waals surface area contributed by atoms with Gasteiger partial charge in [0.15, 0.2) is 17.3 Å². The van der Waals surface area contributed by atoms with Gasteiger partial charge < -0.3 is 9.63 Å². The van der Waals surface area contributed by atoms with Crippen LogP contribution >= 0.6 is 11.3 Å². The number of rotatable bonds is 11. The molecule has 1 fully saturated rings. The first-order valence-corrected chi connectivity index (χ1v) is 26.0. The second-order valence-electron chi connectivity index (χ2n) is 26.0. The molecule has 0 radical (unpaired) electrons. The molecule has 2 heterocycles. The highest BCUT2D eigenvalue weighted by atomic mass is 32.1. The average molecular weight is 1090 g/mol. The quantitative estimate of drug-likeness (QED) is 0.214. The highest BCUT2D eigenvalue weighted by Crippen LogP contribution is 2.30. The number of aryl methyl sites for hydroxylation is 1. The summed E-state index contributed by atoms with van der Waals surface area (Å²) >= 11 is 1.52. The maximum atomic E-state index is 11.7. The molecule has 0 amide bonds. The summed E-state index contributed by atoms with van der Waals surface area (Å²) in [6.07, 6.45) is 10.0. The number of nitrogens with zero attached hydrogens (tertiary/aromatic N) is 2. The van der Waals surface area contributed by atoms with E-state index < -0.39 is 11.5 Å². The molecule has 0 aliphatic heterocycles. The summed E-state index contributed by atoms with van der Waals surface area (Å²) in [5, 5.41) is 15.8. The van der Waals surface area contributed by atoms with Gasteiger partial charge in [-0.3, -0.25) is 28.8 Å². The van der Waals surface area contributed by atoms with Gasteiger partial charge >= 0.3 is 0 Å². The van der Waals surface area contributed by atoms with Crippen LogP contribution in [-0.4, -0.2) is 56.1 Å². The lowest BCUT2D eigenvalue weighted by Crippen LogP contribution is -2.33. The Balaban J connectivity index is -0.0000000832. The van der Waals surface area contributed by atoms with Gasteiger partial charge in [0.25, 0.3) is 0 Å². The molecule has 450 valence electrons. The van der Waals surface area contributed by atoms with Crippen LogP contribution in [0.5, 0.6) is 0 Å². The Hall–Kier alpha value is -3.18. The van der Waals surface area contributed by atoms with Gasteiger partial charge in [-0.2, -0.15) is 0 Å². The number of carbonyl (C=O) groups is 6. The van der Waals surface area contributed by atoms with Crippen molar-refractivity contribution in [2.24, 2.45) is 56.2 Å². The molecule has 0 saturated heterocycles. The van der Waals surface area contributed by atoms with E-state index in [0.717, 1.165) is 11.4 Å². The SMILES string of the molecule is C.C.C.C.C.C.C.CC(C)(C)C(=O)CC1CCCCC1.CC(C)(C)C(=O)c1ccon1.CC(C)CC(=O)C(C)(C)C.CC(C)CC(=O)C(C)(C)C.CC(C)CC(O)C(=O)C(C)(C)C.Cc1nc(C(=O)C(C)(C)C)cs1. The normalized spacial score (nSPS) is 12.7. The van der Waals surface area contributed by atoms with Gasteiger partial charge in [0.1, 0.15) is 41.1 Å². The first kappa shape index (κ1) is 94.3. The van der Waals surface area contributed by atoms with Gasteiger partial charge in [-0.1, -0.05) is 255 Å². The van der Waals surface area contributed by atoms with Crippen LogP contribution in [0.3, 0.4) is 0 Å². The van der Waals surface area contributed by atoms with E-state index in [0.29, 0.717) is 71.7 Å². The first-order valence-electron chi connectivity index (χ1n) is 25.1. The van der Waals surface area contributed by atoms with Crippen LogP contribution < -0.4 is 0 Å². The summed E-state index contributed by atoms with van der Waals surface area (Å²) < 4.78 is 4.56. The van der Waals surface area contributed by atoms with Crippen molar-refractivity contribution in [3.63, 3.8) is 0 Å². The summed E-state index contributed by atoms with van der Waals surface area (Å²) in [5.41, 5.74) is -0.542. The summed E-state index contributed by atoms with van der Waals surface area (Å²) in [5.74, 6) is 3.28. The molecule has 75 heavy (non-hydrogen) atoms. The maximum Gasteiger partial charge on any atom is 0.190 e. The number of hydrogen-bond acceptors (Lipinski definition) is 11. The average Bonchev–Trinajstić information content (AvgIpc) is 3.85. The molecule has 0 aromatic carbocycles. The molecule has 10 nitrogen and oxygen atoms in total. The van der Waals surface area contributed by atoms with E-state index >= 15 is 0 Å². The van der Waals surface area contributed by atoms with E-state index in [4.69, 9.17) is 0 Å². The predicted octanol–water partition coefficient (Wildman–Crippen LogP) is 19.9. The molecule has 1 unspecified atom stereocenters. The van der Waals surface area contributed by atoms with Crippen molar-refractivity contribution in [1.29, 1.82) is 0 Å². The zero-order valence-corrected chi connectivity index (χ0v) is 48.9. The maximum absolute atomic E-state index is 11.7. The molecular formula is C64H130N2O8S. The molecule has 1 aliphatic carbocycles. The predicted molar refractivity (Wildman–Crippen MR) is 331 cm³/mol. The summed E-state index contributed by atoms with van der Waals surface area (Å²) in [6, 6.07) is 1.58. The molecule has 2 aromatic rings. The topological polar surface area (TPSA) is 162 Å². The van der Waals surface area contributed by atoms with Crippen molar-refractivity contribution in [1.82, 2.24) is 10.1 Å². The fraction of sp³-hybridized carbons (Fsp3) is 0.812. The Labute approximate surface area is 471 Å². The molecule has 2 aromatic heterocycles. The number of aliphatic hydroxyl groups is 1. The molecule has 1 atom stereocenters. The first-order chi connectivity index (χ1) is 30.3. The van der Waals surface area contributed by atoms with Crippen LogP contribution in [0.25, 0.3) is 0 Å². The van der Waals surface area contributed by atoms with Gasteiger partial charge in [0, 0.05) is 63.2 Å². The Morgan fingerprint density at radius 1 is 0.547 bits per heavy atom. The number of carbonyl (C=O) groups excluding carboxylic acids is 6. The van der Waals surface area contributed by atoms with Crippen LogP contribution in [-0.2, 0) is 19.2 Å². The van der Waals surface area contributed by atoms with E-state index in [9.17, 15) is 33.9 Å². The number of Topliss-reactive ketones (excluding diaryl/α,β-unsaturated/α-hetero) is 6. The van der Waals surface area contributed by atoms with Crippen molar-refractivity contribution in [2.75, 3.05) is 0 Å². The zero-order valence-electron chi connectivity index (χ0n) is 48.1. The standard InChI is InChI=1S/C12H22O.C10H20O2.C9H13NOS.2C9H18O.C8H11NO2.7CH4/c1-12(2,3)11(13)9-10-7-5-4-6-8-10;1-7(2)6-8(11)9(12)10(3,4)5;1-6-10-7(5-12-6)8(11)9(2,3)4;2*1-7(2)6-8(10)9(3,4)5;1-8(2,3)7(10)6-4-5-11-9-6;;;;;;;/h10H,4-9H2,1-3H3;7-8,11H,6H2,1-5H3;5H,1-4H3;2*7H,6H2,1-5H3;4-5H,1-3H3;7*1H4. The van der Waals surface area contributed by atoms with E-state index in [1.54, 1.807) is 6.07 Å². The fourth-order valence-electron chi connectivity index (χ4n) is 5.93. The lowest BCUT2D eigenvalue weighted by molar-refractivity contribution is -0.135. The highest BCUT2D eigenvalue weighted by Gasteiger charge is 2.29. The van der Waals surface area contributed by atoms with E-state index in [-0.39, 0.29) is 96.4 Å². The molecule has 1 N–H and O–H groups in total. The number of aromatic nitrogens is 2. The highest BCUT2D eigenvalue weighted by molar-refractivity contribution is 7.09. The largest absolute Gasteiger partial charge is 0.385 e. The Morgan fingerprint density at radius 2 is 0.907 bits per heavy atom. The number of ketones is 6. The van der Waals surface area contributed by atoms with Crippen molar-refractivity contribution < 1.29 is 38.4 Å². The van der Waals surface area contributed by atoms with Gasteiger partial charge in [0.05, 0.1) is 5.01 Å². The smallest absolute Gasteiger partial charge is 0.190 e. The van der Waals surface area contributed by atoms with Crippen molar-refractivity contribution in [3.8, 4) is 0 Å². The number of thiazole rings is 1. The monoisotopic (exact) mass is 1090 g/mol. The van der Waals surface area contributed by atoms with Gasteiger partial charge in [0.2, 0.25) is 0 Å². The van der Waals surface area contributed by atoms with E-state index in [1.807, 2.05) is 151 Å². The summed E-state index contributed by atoms with van der Waals surface area (Å²) in [4.78, 5) is 72.9. The van der Waals surface area contributed by atoms with Crippen LogP contribution in [0.4, 0.5) is 0 Å². The second kappa shape index (κ2) is 41.9. The van der Waals surface area contributed by atoms with Crippen LogP contribution in [0, 0.1) is 63.1 Å². The van der Waals surface area contributed by atoms with Gasteiger partial charge in [-0.25, -0.2) is 4.98 Å². The lowest BCUT2D eigenvalue weighted by atomic mass is 9.80. The summed E-state index contributed by atoms with van der Waals surface area (Å²) in [7, 11) is 0. The van der Waals surface area contributed by atoms with Crippen LogP contribution in [0.2, 0.25) is 0 Å². The lowest BCUT2D eigenvalue weighted by Gasteiger charge is -2.24. The van der Waals surface area contributed by atoms with E-state index in [2.05, 4.69) is 42.4 Å². The molecule has 1 saturated carbocycles. The molecule has 1 aliphatic rings. The van der Waals surface area contributed by atoms with Gasteiger partial charge in [-0.15, -0.1) is 11.3 Å². The molecule has 0 bridgehead atoms. The Kier molecular flexibility index (Phi) is 52.6. The van der Waals surface area contributed by atoms with E-state index in [1.165, 1.54) is 49.7 Å². The minimum absolute atomic E-state index is 0. The van der Waals surface area contributed by atoms with Gasteiger partial charge in [-0.05, 0) is 37.0 Å². The van der Waals surface area contributed by atoms with Crippen molar-refractivity contribution in [2.45, 2.75) is 289 Å². The minimum Gasteiger partial charge on any atom is -0.385 e. The third-order valence-electron chi connectivity index (χ3n) is 10.5. The Morgan fingerprint density at radius 3 is 1.15 bits per heavy atom. The third-order valence-corrected chi connectivity index (χ3v) is 11.3. The van der Waals surface area contributed by atoms with Crippen molar-refractivity contribution in [3.05, 3.63) is 34.1 Å². The summed E-state index contributed by atoms with van der Waals surface area (Å²) in [6.45, 7) is 48.9. The molecule has 11 heteroatoms. The minimum atomic E-state index is -0.787. The third kappa shape index (κ3) is 46.6. The second-order valence-corrected chi connectivity index (χ2v) is 27.0.